The van der Waals surface area contributed by atoms with Gasteiger partial charge in [0, 0.05) is 24.7 Å². The number of fused-ring (bicyclic) bond motifs is 2. The summed E-state index contributed by atoms with van der Waals surface area (Å²) in [4.78, 5) is 14.9. The lowest BCUT2D eigenvalue weighted by Crippen LogP contribution is -2.48. The summed E-state index contributed by atoms with van der Waals surface area (Å²) < 4.78 is 16.7. The van der Waals surface area contributed by atoms with Crippen LogP contribution in [0.5, 0.6) is 17.2 Å². The summed E-state index contributed by atoms with van der Waals surface area (Å²) in [5.74, 6) is 2.07. The van der Waals surface area contributed by atoms with Crippen molar-refractivity contribution in [2.24, 2.45) is 0 Å². The highest BCUT2D eigenvalue weighted by atomic mass is 16.6. The Morgan fingerprint density at radius 2 is 1.89 bits per heavy atom. The van der Waals surface area contributed by atoms with Crippen LogP contribution in [0.4, 0.5) is 0 Å². The van der Waals surface area contributed by atoms with Gasteiger partial charge >= 0.3 is 0 Å². The number of carbonyl (C=O) groups excluding carboxylic acids is 1. The van der Waals surface area contributed by atoms with Crippen molar-refractivity contribution in [1.29, 1.82) is 0 Å². The van der Waals surface area contributed by atoms with Crippen LogP contribution in [-0.4, -0.2) is 44.2 Å². The Balaban J connectivity index is 1.46. The molecule has 0 radical (unpaired) electrons. The molecule has 1 N–H and O–H groups in total. The van der Waals surface area contributed by atoms with Crippen LogP contribution in [0.15, 0.2) is 36.4 Å². The van der Waals surface area contributed by atoms with Gasteiger partial charge in [-0.1, -0.05) is 24.3 Å². The van der Waals surface area contributed by atoms with E-state index in [0.717, 1.165) is 18.5 Å². The molecule has 0 saturated carbocycles. The Bertz CT molecular complexity index is 852. The Morgan fingerprint density at radius 3 is 2.63 bits per heavy atom. The molecule has 6 heteroatoms. The molecule has 6 nitrogen and oxygen atoms in total. The average Bonchev–Trinajstić information content (AvgIpc) is 2.70. The number of methoxy groups -OCH3 is 1. The molecule has 0 saturated heterocycles. The molecule has 0 bridgehead atoms. The highest BCUT2D eigenvalue weighted by Gasteiger charge is 2.29. The van der Waals surface area contributed by atoms with E-state index in [-0.39, 0.29) is 11.9 Å². The fourth-order valence-corrected chi connectivity index (χ4v) is 3.69. The summed E-state index contributed by atoms with van der Waals surface area (Å²) in [5, 5.41) is 3.05. The van der Waals surface area contributed by atoms with Crippen molar-refractivity contribution in [2.45, 2.75) is 25.6 Å². The van der Waals surface area contributed by atoms with Gasteiger partial charge in [-0.05, 0) is 30.7 Å². The van der Waals surface area contributed by atoms with Crippen molar-refractivity contribution in [3.05, 3.63) is 53.1 Å². The molecular weight excluding hydrogens is 344 g/mol. The number of nitrogens with zero attached hydrogens (tertiary/aromatic N) is 1. The second-order valence-electron chi connectivity index (χ2n) is 6.93. The third-order valence-corrected chi connectivity index (χ3v) is 5.18. The predicted molar refractivity (Wildman–Crippen MR) is 101 cm³/mol. The fourth-order valence-electron chi connectivity index (χ4n) is 3.69. The number of hydrogen-bond donors (Lipinski definition) is 1. The quantitative estimate of drug-likeness (QED) is 0.896. The van der Waals surface area contributed by atoms with Crippen LogP contribution in [0.3, 0.4) is 0 Å². The van der Waals surface area contributed by atoms with E-state index in [1.165, 1.54) is 11.1 Å². The minimum absolute atomic E-state index is 0.0175. The van der Waals surface area contributed by atoms with Gasteiger partial charge in [0.1, 0.15) is 19.0 Å². The topological polar surface area (TPSA) is 60.0 Å². The normalized spacial score (nSPS) is 18.5. The largest absolute Gasteiger partial charge is 0.496 e. The molecule has 0 aromatic heterocycles. The van der Waals surface area contributed by atoms with Crippen LogP contribution in [-0.2, 0) is 24.3 Å². The van der Waals surface area contributed by atoms with E-state index in [9.17, 15) is 4.79 Å². The van der Waals surface area contributed by atoms with Gasteiger partial charge in [-0.3, -0.25) is 9.69 Å². The van der Waals surface area contributed by atoms with Gasteiger partial charge in [0.25, 0.3) is 0 Å². The van der Waals surface area contributed by atoms with Crippen LogP contribution in [0, 0.1) is 0 Å². The van der Waals surface area contributed by atoms with Crippen molar-refractivity contribution in [1.82, 2.24) is 10.2 Å². The molecule has 2 heterocycles. The standard InChI is InChI=1S/C21H24N2O4/c1-23-13-15-6-4-3-5-14(15)9-17(23)21(24)22-12-16-10-19-20(11-18(16)25-2)27-8-7-26-19/h3-6,10-11,17H,7-9,12-13H2,1-2H3,(H,22,24)/t17-/m0/s1. The van der Waals surface area contributed by atoms with E-state index in [0.29, 0.717) is 37.0 Å². The number of hydrogen-bond acceptors (Lipinski definition) is 5. The number of nitrogens with one attached hydrogen (secondary N) is 1. The third-order valence-electron chi connectivity index (χ3n) is 5.18. The molecule has 2 aromatic rings. The SMILES string of the molecule is COc1cc2c(cc1CNC(=O)[C@@H]1Cc3ccccc3CN1C)OCCO2. The summed E-state index contributed by atoms with van der Waals surface area (Å²) in [5.41, 5.74) is 3.40. The van der Waals surface area contributed by atoms with Crippen LogP contribution < -0.4 is 19.5 Å². The zero-order valence-corrected chi connectivity index (χ0v) is 15.7. The first-order valence-electron chi connectivity index (χ1n) is 9.17. The first-order valence-corrected chi connectivity index (χ1v) is 9.17. The second-order valence-corrected chi connectivity index (χ2v) is 6.93. The molecule has 2 aromatic carbocycles. The van der Waals surface area contributed by atoms with E-state index in [2.05, 4.69) is 22.3 Å². The summed E-state index contributed by atoms with van der Waals surface area (Å²) in [6.07, 6.45) is 0.719. The highest BCUT2D eigenvalue weighted by molar-refractivity contribution is 5.82. The zero-order valence-electron chi connectivity index (χ0n) is 15.7. The van der Waals surface area contributed by atoms with Crippen LogP contribution in [0.25, 0.3) is 0 Å². The van der Waals surface area contributed by atoms with Gasteiger partial charge in [-0.25, -0.2) is 0 Å². The number of carbonyl (C=O) groups is 1. The molecule has 4 rings (SSSR count). The maximum Gasteiger partial charge on any atom is 0.237 e. The van der Waals surface area contributed by atoms with Crippen LogP contribution in [0.1, 0.15) is 16.7 Å². The van der Waals surface area contributed by atoms with Crippen molar-refractivity contribution >= 4 is 5.91 Å². The Labute approximate surface area is 159 Å². The van der Waals surface area contributed by atoms with Crippen molar-refractivity contribution in [3.63, 3.8) is 0 Å². The Morgan fingerprint density at radius 1 is 1.19 bits per heavy atom. The number of rotatable bonds is 4. The molecule has 1 atom stereocenters. The lowest BCUT2D eigenvalue weighted by atomic mass is 9.94. The first-order chi connectivity index (χ1) is 13.2. The Hall–Kier alpha value is -2.73. The monoisotopic (exact) mass is 368 g/mol. The number of ether oxygens (including phenoxy) is 3. The molecule has 0 spiro atoms. The number of amides is 1. The van der Waals surface area contributed by atoms with E-state index < -0.39 is 0 Å². The molecule has 2 aliphatic heterocycles. The summed E-state index contributed by atoms with van der Waals surface area (Å²) >= 11 is 0. The Kier molecular flexibility index (Phi) is 4.90. The van der Waals surface area contributed by atoms with Gasteiger partial charge in [-0.15, -0.1) is 0 Å². The molecule has 0 unspecified atom stereocenters. The van der Waals surface area contributed by atoms with Crippen molar-refractivity contribution in [3.8, 4) is 17.2 Å². The lowest BCUT2D eigenvalue weighted by Gasteiger charge is -2.33. The zero-order chi connectivity index (χ0) is 18.8. The smallest absolute Gasteiger partial charge is 0.237 e. The van der Waals surface area contributed by atoms with Gasteiger partial charge < -0.3 is 19.5 Å². The van der Waals surface area contributed by atoms with E-state index in [1.807, 2.05) is 31.3 Å². The maximum absolute atomic E-state index is 12.8. The second kappa shape index (κ2) is 7.48. The molecule has 1 amide bonds. The van der Waals surface area contributed by atoms with Gasteiger partial charge in [0.15, 0.2) is 11.5 Å². The molecular formula is C21H24N2O4. The predicted octanol–water partition coefficient (Wildman–Crippen LogP) is 2.14. The molecule has 0 fully saturated rings. The van der Waals surface area contributed by atoms with Gasteiger partial charge in [-0.2, -0.15) is 0 Å². The lowest BCUT2D eigenvalue weighted by molar-refractivity contribution is -0.126. The molecule has 2 aliphatic rings. The molecule has 0 aliphatic carbocycles. The number of benzene rings is 2. The minimum atomic E-state index is -0.178. The molecule has 142 valence electrons. The van der Waals surface area contributed by atoms with Gasteiger partial charge in [0.2, 0.25) is 5.91 Å². The first kappa shape index (κ1) is 17.7. The fraction of sp³-hybridized carbons (Fsp3) is 0.381. The summed E-state index contributed by atoms with van der Waals surface area (Å²) in [7, 11) is 3.60. The highest BCUT2D eigenvalue weighted by Crippen LogP contribution is 2.36. The third kappa shape index (κ3) is 3.57. The molecule has 27 heavy (non-hydrogen) atoms. The summed E-state index contributed by atoms with van der Waals surface area (Å²) in [6.45, 7) is 2.21. The minimum Gasteiger partial charge on any atom is -0.496 e. The van der Waals surface area contributed by atoms with E-state index in [4.69, 9.17) is 14.2 Å². The van der Waals surface area contributed by atoms with E-state index >= 15 is 0 Å². The van der Waals surface area contributed by atoms with Gasteiger partial charge in [0.05, 0.1) is 13.2 Å². The van der Waals surface area contributed by atoms with Crippen molar-refractivity contribution < 1.29 is 19.0 Å². The maximum atomic E-state index is 12.8. The average molecular weight is 368 g/mol. The summed E-state index contributed by atoms with van der Waals surface area (Å²) in [6, 6.07) is 11.8. The van der Waals surface area contributed by atoms with Crippen molar-refractivity contribution in [2.75, 3.05) is 27.4 Å². The van der Waals surface area contributed by atoms with Crippen LogP contribution in [0.2, 0.25) is 0 Å². The van der Waals surface area contributed by atoms with E-state index in [1.54, 1.807) is 7.11 Å². The number of likely N-dealkylation sites (N-methyl/N-ethyl adjacent to an activating group) is 1. The van der Waals surface area contributed by atoms with Crippen LogP contribution >= 0.6 is 0 Å².